The number of ketones is 1. The summed E-state index contributed by atoms with van der Waals surface area (Å²) in [6.07, 6.45) is 2.64. The monoisotopic (exact) mass is 489 g/mol. The van der Waals surface area contributed by atoms with Gasteiger partial charge in [0.1, 0.15) is 12.2 Å². The lowest BCUT2D eigenvalue weighted by Gasteiger charge is -2.17. The zero-order chi connectivity index (χ0) is 25.0. The molecule has 35 heavy (non-hydrogen) atoms. The molecule has 7 nitrogen and oxygen atoms in total. The summed E-state index contributed by atoms with van der Waals surface area (Å²) in [6, 6.07) is 22.3. The summed E-state index contributed by atoms with van der Waals surface area (Å²) < 4.78 is 32.5. The molecule has 1 N–H and O–H groups in total. The summed E-state index contributed by atoms with van der Waals surface area (Å²) in [7, 11) is -1.81. The highest BCUT2D eigenvalue weighted by Gasteiger charge is 2.25. The van der Waals surface area contributed by atoms with Crippen LogP contribution in [-0.2, 0) is 30.0 Å². The second-order valence-electron chi connectivity index (χ2n) is 8.31. The quantitative estimate of drug-likeness (QED) is 0.347. The minimum atomic E-state index is -3.53. The van der Waals surface area contributed by atoms with Gasteiger partial charge in [-0.05, 0) is 35.7 Å². The minimum Gasteiger partial charge on any atom is -0.472 e. The Morgan fingerprint density at radius 2 is 1.57 bits per heavy atom. The van der Waals surface area contributed by atoms with Gasteiger partial charge in [-0.15, -0.1) is 0 Å². The fourth-order valence-corrected chi connectivity index (χ4v) is 4.78. The van der Waals surface area contributed by atoms with Gasteiger partial charge in [0, 0.05) is 25.4 Å². The molecule has 0 radical (unpaired) electrons. The van der Waals surface area contributed by atoms with Crippen LogP contribution in [0.1, 0.15) is 32.6 Å². The van der Waals surface area contributed by atoms with E-state index in [0.717, 1.165) is 17.4 Å². The number of nitrogens with zero attached hydrogens (tertiary/aromatic N) is 2. The Kier molecular flexibility index (Phi) is 7.02. The van der Waals surface area contributed by atoms with Crippen molar-refractivity contribution >= 4 is 21.3 Å². The van der Waals surface area contributed by atoms with Crippen LogP contribution in [0.2, 0.25) is 0 Å². The van der Waals surface area contributed by atoms with Gasteiger partial charge in [-0.2, -0.15) is 5.10 Å². The first-order valence-electron chi connectivity index (χ1n) is 11.1. The third-order valence-electron chi connectivity index (χ3n) is 5.73. The molecule has 0 amide bonds. The Hall–Kier alpha value is -3.91. The van der Waals surface area contributed by atoms with Crippen LogP contribution in [0, 0.1) is 6.92 Å². The maximum atomic E-state index is 13.6. The van der Waals surface area contributed by atoms with Crippen LogP contribution in [0.3, 0.4) is 0 Å². The predicted octanol–water partition coefficient (Wildman–Crippen LogP) is 4.55. The van der Waals surface area contributed by atoms with Crippen LogP contribution >= 0.6 is 0 Å². The Morgan fingerprint density at radius 1 is 0.943 bits per heavy atom. The van der Waals surface area contributed by atoms with Gasteiger partial charge >= 0.3 is 0 Å². The number of aromatic nitrogens is 2. The van der Waals surface area contributed by atoms with Crippen molar-refractivity contribution in [2.45, 2.75) is 25.0 Å². The van der Waals surface area contributed by atoms with Gasteiger partial charge in [-0.1, -0.05) is 60.7 Å². The molecular formula is C27H27N3O4S. The molecule has 0 saturated heterocycles. The zero-order valence-corrected chi connectivity index (χ0v) is 20.7. The molecule has 4 rings (SSSR count). The van der Waals surface area contributed by atoms with Crippen molar-refractivity contribution in [3.05, 3.63) is 107 Å². The second kappa shape index (κ2) is 10.1. The molecular weight excluding hydrogens is 462 g/mol. The van der Waals surface area contributed by atoms with Crippen LogP contribution in [-0.4, -0.2) is 30.2 Å². The molecule has 0 bridgehead atoms. The number of nitrogens with one attached hydrogen (secondary N) is 1. The van der Waals surface area contributed by atoms with Crippen LogP contribution in [0.15, 0.2) is 83.9 Å². The summed E-state index contributed by atoms with van der Waals surface area (Å²) in [4.78, 5) is 13.7. The zero-order valence-electron chi connectivity index (χ0n) is 19.9. The van der Waals surface area contributed by atoms with Crippen molar-refractivity contribution in [1.82, 2.24) is 9.78 Å². The molecule has 0 spiro atoms. The molecule has 4 aromatic rings. The lowest BCUT2D eigenvalue weighted by molar-refractivity contribution is 0.103. The van der Waals surface area contributed by atoms with Crippen LogP contribution in [0.5, 0.6) is 5.88 Å². The molecule has 1 aromatic heterocycles. The molecule has 0 aliphatic rings. The van der Waals surface area contributed by atoms with E-state index in [9.17, 15) is 13.2 Å². The molecule has 1 heterocycles. The molecule has 0 atom stereocenters. The van der Waals surface area contributed by atoms with E-state index >= 15 is 0 Å². The summed E-state index contributed by atoms with van der Waals surface area (Å²) in [6.45, 7) is 2.45. The fourth-order valence-electron chi connectivity index (χ4n) is 3.87. The largest absolute Gasteiger partial charge is 0.472 e. The van der Waals surface area contributed by atoms with Gasteiger partial charge in [0.25, 0.3) is 0 Å². The molecule has 0 saturated carbocycles. The van der Waals surface area contributed by atoms with Crippen molar-refractivity contribution in [3.8, 4) is 5.88 Å². The highest BCUT2D eigenvalue weighted by Crippen LogP contribution is 2.31. The SMILES string of the molecule is Cc1c(C(=O)c2cnn(C)c2OCc2ccccc2)ccc(S(C)(=O)=O)c1NCc1ccccc1. The van der Waals surface area contributed by atoms with Crippen molar-refractivity contribution < 1.29 is 17.9 Å². The number of rotatable bonds is 9. The Morgan fingerprint density at radius 3 is 2.20 bits per heavy atom. The van der Waals surface area contributed by atoms with Crippen molar-refractivity contribution in [3.63, 3.8) is 0 Å². The first kappa shape index (κ1) is 24.2. The lowest BCUT2D eigenvalue weighted by atomic mass is 9.99. The molecule has 0 aliphatic heterocycles. The van der Waals surface area contributed by atoms with Crippen molar-refractivity contribution in [1.29, 1.82) is 0 Å². The van der Waals surface area contributed by atoms with E-state index < -0.39 is 9.84 Å². The van der Waals surface area contributed by atoms with Gasteiger partial charge in [0.05, 0.1) is 16.8 Å². The van der Waals surface area contributed by atoms with Gasteiger partial charge < -0.3 is 10.1 Å². The number of carbonyl (C=O) groups excluding carboxylic acids is 1. The maximum absolute atomic E-state index is 13.6. The summed E-state index contributed by atoms with van der Waals surface area (Å²) >= 11 is 0. The molecule has 8 heteroatoms. The van der Waals surface area contributed by atoms with E-state index in [0.29, 0.717) is 34.8 Å². The topological polar surface area (TPSA) is 90.3 Å². The summed E-state index contributed by atoms with van der Waals surface area (Å²) in [5.41, 5.74) is 3.61. The van der Waals surface area contributed by atoms with Crippen LogP contribution < -0.4 is 10.1 Å². The number of ether oxygens (including phenoxy) is 1. The Labute approximate surface area is 205 Å². The van der Waals surface area contributed by atoms with Crippen molar-refractivity contribution in [2.24, 2.45) is 7.05 Å². The van der Waals surface area contributed by atoms with Gasteiger partial charge in [0.15, 0.2) is 15.6 Å². The number of hydrogen-bond acceptors (Lipinski definition) is 6. The van der Waals surface area contributed by atoms with Gasteiger partial charge in [-0.3, -0.25) is 4.79 Å². The Balaban J connectivity index is 1.68. The summed E-state index contributed by atoms with van der Waals surface area (Å²) in [5.74, 6) is 0.0608. The smallest absolute Gasteiger partial charge is 0.223 e. The van der Waals surface area contributed by atoms with E-state index in [2.05, 4.69) is 10.4 Å². The number of hydrogen-bond donors (Lipinski definition) is 1. The average Bonchev–Trinajstić information content (AvgIpc) is 3.22. The molecule has 0 aliphatic carbocycles. The predicted molar refractivity (Wildman–Crippen MR) is 135 cm³/mol. The van der Waals surface area contributed by atoms with E-state index in [-0.39, 0.29) is 17.3 Å². The third-order valence-corrected chi connectivity index (χ3v) is 6.87. The van der Waals surface area contributed by atoms with Gasteiger partial charge in [-0.25, -0.2) is 13.1 Å². The van der Waals surface area contributed by atoms with Crippen molar-refractivity contribution in [2.75, 3.05) is 11.6 Å². The Bertz CT molecular complexity index is 1450. The van der Waals surface area contributed by atoms with Crippen LogP contribution in [0.25, 0.3) is 0 Å². The lowest BCUT2D eigenvalue weighted by Crippen LogP contribution is -2.13. The molecule has 0 unspecified atom stereocenters. The first-order valence-corrected chi connectivity index (χ1v) is 13.0. The minimum absolute atomic E-state index is 0.147. The standard InChI is InChI=1S/C27H27N3O4S/c1-19-22(14-15-24(35(3,32)33)25(19)28-16-20-10-6-4-7-11-20)26(31)23-17-29-30(2)27(23)34-18-21-12-8-5-9-13-21/h4-15,17,28H,16,18H2,1-3H3. The number of carbonyl (C=O) groups is 1. The van der Waals surface area contributed by atoms with Gasteiger partial charge in [0.2, 0.25) is 5.88 Å². The first-order chi connectivity index (χ1) is 16.8. The fraction of sp³-hybridized carbons (Fsp3) is 0.185. The maximum Gasteiger partial charge on any atom is 0.223 e. The highest BCUT2D eigenvalue weighted by atomic mass is 32.2. The number of anilines is 1. The number of aryl methyl sites for hydroxylation is 1. The molecule has 0 fully saturated rings. The summed E-state index contributed by atoms with van der Waals surface area (Å²) in [5, 5.41) is 7.45. The van der Waals surface area contributed by atoms with E-state index in [1.54, 1.807) is 20.0 Å². The third kappa shape index (κ3) is 5.44. The van der Waals surface area contributed by atoms with Crippen LogP contribution in [0.4, 0.5) is 5.69 Å². The van der Waals surface area contributed by atoms with E-state index in [1.165, 1.54) is 16.9 Å². The van der Waals surface area contributed by atoms with E-state index in [4.69, 9.17) is 4.74 Å². The average molecular weight is 490 g/mol. The highest BCUT2D eigenvalue weighted by molar-refractivity contribution is 7.90. The number of sulfone groups is 1. The molecule has 3 aromatic carbocycles. The second-order valence-corrected chi connectivity index (χ2v) is 10.3. The normalized spacial score (nSPS) is 11.3. The molecule has 180 valence electrons. The van der Waals surface area contributed by atoms with E-state index in [1.807, 2.05) is 60.7 Å². The number of benzene rings is 3.